The third-order valence-electron chi connectivity index (χ3n) is 2.06. The highest BCUT2D eigenvalue weighted by Gasteiger charge is 2.07. The Morgan fingerprint density at radius 3 is 2.50 bits per heavy atom. The van der Waals surface area contributed by atoms with E-state index in [0.29, 0.717) is 17.0 Å². The molecule has 2 rings (SSSR count). The summed E-state index contributed by atoms with van der Waals surface area (Å²) in [5, 5.41) is 0.142. The number of rotatable bonds is 1. The van der Waals surface area contributed by atoms with Crippen molar-refractivity contribution in [2.45, 2.75) is 26.7 Å². The van der Waals surface area contributed by atoms with E-state index in [9.17, 15) is 0 Å². The molecule has 0 aromatic carbocycles. The van der Waals surface area contributed by atoms with Crippen molar-refractivity contribution in [1.29, 1.82) is 0 Å². The van der Waals surface area contributed by atoms with E-state index in [1.807, 2.05) is 7.05 Å². The molecule has 2 heterocycles. The van der Waals surface area contributed by atoms with E-state index in [1.165, 1.54) is 12.8 Å². The summed E-state index contributed by atoms with van der Waals surface area (Å²) in [7, 11) is 1.82. The summed E-state index contributed by atoms with van der Waals surface area (Å²) in [5.74, 6) is 0.311. The molecule has 0 saturated heterocycles. The van der Waals surface area contributed by atoms with Crippen LogP contribution < -0.4 is 5.73 Å². The summed E-state index contributed by atoms with van der Waals surface area (Å²) < 4.78 is 1.74. The van der Waals surface area contributed by atoms with E-state index in [2.05, 4.69) is 28.8 Å². The average Bonchev–Trinajstić information content (AvgIpc) is 2.61. The molecule has 5 nitrogen and oxygen atoms in total. The van der Waals surface area contributed by atoms with Gasteiger partial charge in [0.15, 0.2) is 11.5 Å². The lowest BCUT2D eigenvalue weighted by Crippen LogP contribution is -1.96. The molecule has 6 heteroatoms. The van der Waals surface area contributed by atoms with Gasteiger partial charge in [0, 0.05) is 7.05 Å². The van der Waals surface area contributed by atoms with Crippen molar-refractivity contribution in [3.05, 3.63) is 11.6 Å². The summed E-state index contributed by atoms with van der Waals surface area (Å²) in [6, 6.07) is 0. The third kappa shape index (κ3) is 2.82. The number of nitrogens with zero attached hydrogens (tertiary/aromatic N) is 4. The molecular weight excluding hydrogens is 226 g/mol. The number of nitrogens with two attached hydrogens (primary N) is 1. The monoisotopic (exact) mass is 241 g/mol. The van der Waals surface area contributed by atoms with Crippen molar-refractivity contribution in [3.8, 4) is 0 Å². The standard InChI is InChI=1S/C6H6ClN5.C4H10/c1-12-2-9-3-4(8)10-6(7)11-5(3)12;1-3-4-2/h2H,1H3,(H2,8,10,11);3-4H2,1-2H3. The number of anilines is 1. The van der Waals surface area contributed by atoms with Crippen LogP contribution >= 0.6 is 11.6 Å². The summed E-state index contributed by atoms with van der Waals surface area (Å²) >= 11 is 5.61. The fourth-order valence-electron chi connectivity index (χ4n) is 1.00. The molecule has 2 aromatic rings. The molecule has 88 valence electrons. The van der Waals surface area contributed by atoms with Gasteiger partial charge in [0.1, 0.15) is 5.52 Å². The number of aromatic nitrogens is 4. The lowest BCUT2D eigenvalue weighted by atomic mass is 10.4. The van der Waals surface area contributed by atoms with Crippen LogP contribution in [0.1, 0.15) is 26.7 Å². The molecule has 0 aliphatic carbocycles. The molecular formula is C10H16ClN5. The highest BCUT2D eigenvalue weighted by atomic mass is 35.5. The molecule has 0 spiro atoms. The van der Waals surface area contributed by atoms with Gasteiger partial charge in [-0.2, -0.15) is 9.97 Å². The van der Waals surface area contributed by atoms with Gasteiger partial charge in [0.2, 0.25) is 5.28 Å². The number of fused-ring (bicyclic) bond motifs is 1. The molecule has 0 atom stereocenters. The van der Waals surface area contributed by atoms with Gasteiger partial charge < -0.3 is 10.3 Å². The van der Waals surface area contributed by atoms with Gasteiger partial charge in [0.25, 0.3) is 0 Å². The Morgan fingerprint density at radius 1 is 1.31 bits per heavy atom. The van der Waals surface area contributed by atoms with Gasteiger partial charge in [0.05, 0.1) is 6.33 Å². The first-order valence-electron chi connectivity index (χ1n) is 5.20. The third-order valence-corrected chi connectivity index (χ3v) is 2.23. The van der Waals surface area contributed by atoms with E-state index >= 15 is 0 Å². The molecule has 0 saturated carbocycles. The molecule has 0 fully saturated rings. The fraction of sp³-hybridized carbons (Fsp3) is 0.500. The first-order chi connectivity index (χ1) is 7.60. The van der Waals surface area contributed by atoms with Crippen molar-refractivity contribution >= 4 is 28.6 Å². The minimum atomic E-state index is 0.142. The predicted molar refractivity (Wildman–Crippen MR) is 66.3 cm³/mol. The van der Waals surface area contributed by atoms with Crippen LogP contribution in [0.25, 0.3) is 11.2 Å². The molecule has 0 radical (unpaired) electrons. The fourth-order valence-corrected chi connectivity index (χ4v) is 1.17. The largest absolute Gasteiger partial charge is 0.382 e. The van der Waals surface area contributed by atoms with E-state index in [-0.39, 0.29) is 5.28 Å². The van der Waals surface area contributed by atoms with Gasteiger partial charge in [-0.1, -0.05) is 26.7 Å². The topological polar surface area (TPSA) is 69.6 Å². The number of imidazole rings is 1. The SMILES string of the molecule is CCCC.Cn1cnc2c(N)nc(Cl)nc21. The lowest BCUT2D eigenvalue weighted by molar-refractivity contribution is 0.886. The number of halogens is 1. The Labute approximate surface area is 99.7 Å². The second-order valence-corrected chi connectivity index (χ2v) is 3.74. The average molecular weight is 242 g/mol. The normalized spacial score (nSPS) is 10.0. The number of aryl methyl sites for hydroxylation is 1. The number of unbranched alkanes of at least 4 members (excludes halogenated alkanes) is 1. The van der Waals surface area contributed by atoms with E-state index in [4.69, 9.17) is 17.3 Å². The van der Waals surface area contributed by atoms with Crippen LogP contribution in [-0.4, -0.2) is 19.5 Å². The van der Waals surface area contributed by atoms with Crippen LogP contribution in [0.5, 0.6) is 0 Å². The quantitative estimate of drug-likeness (QED) is 0.779. The second-order valence-electron chi connectivity index (χ2n) is 3.41. The summed E-state index contributed by atoms with van der Waals surface area (Å²) in [6.45, 7) is 4.36. The maximum absolute atomic E-state index is 5.61. The van der Waals surface area contributed by atoms with Crippen LogP contribution in [0.15, 0.2) is 6.33 Å². The van der Waals surface area contributed by atoms with Gasteiger partial charge in [-0.15, -0.1) is 0 Å². The number of nitrogen functional groups attached to an aromatic ring is 1. The molecule has 16 heavy (non-hydrogen) atoms. The molecule has 2 N–H and O–H groups in total. The highest BCUT2D eigenvalue weighted by Crippen LogP contribution is 2.16. The van der Waals surface area contributed by atoms with Crippen LogP contribution in [0, 0.1) is 0 Å². The predicted octanol–water partition coefficient (Wildman–Crippen LogP) is 2.41. The van der Waals surface area contributed by atoms with Crippen molar-refractivity contribution in [3.63, 3.8) is 0 Å². The highest BCUT2D eigenvalue weighted by molar-refractivity contribution is 6.28. The number of hydrogen-bond donors (Lipinski definition) is 1. The molecule has 0 bridgehead atoms. The van der Waals surface area contributed by atoms with Gasteiger partial charge in [-0.05, 0) is 11.6 Å². The zero-order valence-corrected chi connectivity index (χ0v) is 10.5. The number of hydrogen-bond acceptors (Lipinski definition) is 4. The van der Waals surface area contributed by atoms with E-state index < -0.39 is 0 Å². The smallest absolute Gasteiger partial charge is 0.226 e. The van der Waals surface area contributed by atoms with Crippen molar-refractivity contribution < 1.29 is 0 Å². The maximum atomic E-state index is 5.61. The minimum absolute atomic E-state index is 0.142. The molecule has 2 aromatic heterocycles. The van der Waals surface area contributed by atoms with Gasteiger partial charge in [-0.3, -0.25) is 0 Å². The lowest BCUT2D eigenvalue weighted by Gasteiger charge is -1.95. The summed E-state index contributed by atoms with van der Waals surface area (Å²) in [5.41, 5.74) is 6.79. The van der Waals surface area contributed by atoms with E-state index in [0.717, 1.165) is 0 Å². The van der Waals surface area contributed by atoms with Gasteiger partial charge >= 0.3 is 0 Å². The minimum Gasteiger partial charge on any atom is -0.382 e. The molecule has 0 aliphatic rings. The first-order valence-corrected chi connectivity index (χ1v) is 5.58. The van der Waals surface area contributed by atoms with Crippen LogP contribution in [-0.2, 0) is 7.05 Å². The Kier molecular flexibility index (Phi) is 4.49. The van der Waals surface area contributed by atoms with Crippen molar-refractivity contribution in [2.24, 2.45) is 7.05 Å². The second kappa shape index (κ2) is 5.65. The zero-order chi connectivity index (χ0) is 12.1. The Hall–Kier alpha value is -1.36. The first kappa shape index (κ1) is 12.7. The summed E-state index contributed by atoms with van der Waals surface area (Å²) in [6.07, 6.45) is 4.26. The molecule has 0 aliphatic heterocycles. The molecule has 0 unspecified atom stereocenters. The van der Waals surface area contributed by atoms with E-state index in [1.54, 1.807) is 10.9 Å². The van der Waals surface area contributed by atoms with Crippen LogP contribution in [0.4, 0.5) is 5.82 Å². The van der Waals surface area contributed by atoms with Crippen LogP contribution in [0.2, 0.25) is 5.28 Å². The van der Waals surface area contributed by atoms with Crippen LogP contribution in [0.3, 0.4) is 0 Å². The summed E-state index contributed by atoms with van der Waals surface area (Å²) in [4.78, 5) is 11.8. The Balaban J connectivity index is 0.000000280. The van der Waals surface area contributed by atoms with Crippen molar-refractivity contribution in [2.75, 3.05) is 5.73 Å². The van der Waals surface area contributed by atoms with Gasteiger partial charge in [-0.25, -0.2) is 4.98 Å². The maximum Gasteiger partial charge on any atom is 0.226 e. The van der Waals surface area contributed by atoms with Crippen molar-refractivity contribution in [1.82, 2.24) is 19.5 Å². The molecule has 0 amide bonds. The zero-order valence-electron chi connectivity index (χ0n) is 9.74. The Morgan fingerprint density at radius 2 is 1.94 bits per heavy atom. The Bertz CT molecular complexity index is 463.